The van der Waals surface area contributed by atoms with Gasteiger partial charge in [0.1, 0.15) is 6.07 Å². The molecule has 0 saturated carbocycles. The van der Waals surface area contributed by atoms with Gasteiger partial charge in [-0.3, -0.25) is 0 Å². The van der Waals surface area contributed by atoms with Crippen molar-refractivity contribution in [3.8, 4) is 11.9 Å². The summed E-state index contributed by atoms with van der Waals surface area (Å²) in [5.41, 5.74) is 0.348. The van der Waals surface area contributed by atoms with Crippen molar-refractivity contribution in [3.05, 3.63) is 5.69 Å². The second kappa shape index (κ2) is 4.46. The maximum Gasteiger partial charge on any atom is 0.237 e. The van der Waals surface area contributed by atoms with Crippen LogP contribution in [-0.2, 0) is 6.54 Å². The fraction of sp³-hybridized carbons (Fsp3) is 0.444. The van der Waals surface area contributed by atoms with Gasteiger partial charge in [-0.05, 0) is 6.92 Å². The van der Waals surface area contributed by atoms with Gasteiger partial charge in [0.05, 0.1) is 6.34 Å². The van der Waals surface area contributed by atoms with Gasteiger partial charge in [-0.25, -0.2) is 9.67 Å². The highest BCUT2D eigenvalue weighted by atomic mass is 16.3. The fourth-order valence-corrected chi connectivity index (χ4v) is 1.03. The molecule has 0 aliphatic heterocycles. The summed E-state index contributed by atoms with van der Waals surface area (Å²) < 4.78 is 1.33. The molecule has 0 spiro atoms. The Hall–Kier alpha value is -2.03. The predicted molar refractivity (Wildman–Crippen MR) is 56.1 cm³/mol. The van der Waals surface area contributed by atoms with Crippen LogP contribution in [0.2, 0.25) is 0 Å². The molecule has 15 heavy (non-hydrogen) atoms. The smallest absolute Gasteiger partial charge is 0.237 e. The lowest BCUT2D eigenvalue weighted by Crippen LogP contribution is -2.07. The molecule has 0 fully saturated rings. The molecule has 0 saturated heterocycles. The molecule has 0 aliphatic carbocycles. The number of aliphatic imine (C=N–C) groups is 1. The first kappa shape index (κ1) is 11.0. The summed E-state index contributed by atoms with van der Waals surface area (Å²) in [5, 5.41) is 22.4. The van der Waals surface area contributed by atoms with E-state index in [1.54, 1.807) is 19.0 Å². The van der Waals surface area contributed by atoms with Crippen molar-refractivity contribution in [1.29, 1.82) is 5.26 Å². The Morgan fingerprint density at radius 3 is 2.80 bits per heavy atom. The van der Waals surface area contributed by atoms with Crippen molar-refractivity contribution in [2.24, 2.45) is 4.99 Å². The van der Waals surface area contributed by atoms with Crippen LogP contribution in [0.4, 0.5) is 5.69 Å². The number of aromatic nitrogens is 2. The van der Waals surface area contributed by atoms with Crippen LogP contribution in [0.3, 0.4) is 0 Å². The van der Waals surface area contributed by atoms with E-state index in [-0.39, 0.29) is 17.3 Å². The summed E-state index contributed by atoms with van der Waals surface area (Å²) in [7, 11) is 3.60. The molecule has 1 rings (SSSR count). The highest BCUT2D eigenvalue weighted by Crippen LogP contribution is 2.29. The molecule has 0 radical (unpaired) electrons. The second-order valence-electron chi connectivity index (χ2n) is 3.16. The molecule has 1 aromatic rings. The highest BCUT2D eigenvalue weighted by Gasteiger charge is 2.14. The zero-order valence-corrected chi connectivity index (χ0v) is 8.97. The monoisotopic (exact) mass is 207 g/mol. The van der Waals surface area contributed by atoms with E-state index >= 15 is 0 Å². The van der Waals surface area contributed by atoms with E-state index in [9.17, 15) is 5.11 Å². The molecule has 0 aliphatic rings. The van der Waals surface area contributed by atoms with Gasteiger partial charge < -0.3 is 10.0 Å². The van der Waals surface area contributed by atoms with Gasteiger partial charge in [0.15, 0.2) is 11.4 Å². The molecule has 0 atom stereocenters. The van der Waals surface area contributed by atoms with Crippen molar-refractivity contribution < 1.29 is 5.11 Å². The van der Waals surface area contributed by atoms with Crippen LogP contribution in [-0.4, -0.2) is 40.2 Å². The SMILES string of the molecule is CCn1nc(C#N)c(N=CN(C)C)c1O. The maximum atomic E-state index is 9.67. The third-order valence-electron chi connectivity index (χ3n) is 1.72. The third kappa shape index (κ3) is 2.26. The number of nitrogens with zero attached hydrogens (tertiary/aromatic N) is 5. The molecular formula is C9H13N5O. The lowest BCUT2D eigenvalue weighted by atomic mass is 10.4. The van der Waals surface area contributed by atoms with E-state index in [4.69, 9.17) is 5.26 Å². The minimum atomic E-state index is -0.0767. The van der Waals surface area contributed by atoms with Gasteiger partial charge in [-0.2, -0.15) is 10.4 Å². The van der Waals surface area contributed by atoms with Crippen LogP contribution in [0.15, 0.2) is 4.99 Å². The Balaban J connectivity index is 3.16. The second-order valence-corrected chi connectivity index (χ2v) is 3.16. The van der Waals surface area contributed by atoms with E-state index in [2.05, 4.69) is 10.1 Å². The van der Waals surface area contributed by atoms with Crippen molar-refractivity contribution in [2.45, 2.75) is 13.5 Å². The summed E-state index contributed by atoms with van der Waals surface area (Å²) >= 11 is 0. The zero-order valence-electron chi connectivity index (χ0n) is 8.97. The third-order valence-corrected chi connectivity index (χ3v) is 1.72. The molecule has 6 heteroatoms. The Bertz CT molecular complexity index is 413. The Morgan fingerprint density at radius 2 is 2.33 bits per heavy atom. The first-order chi connectivity index (χ1) is 7.10. The fourth-order valence-electron chi connectivity index (χ4n) is 1.03. The van der Waals surface area contributed by atoms with Crippen molar-refractivity contribution >= 4 is 12.0 Å². The molecular weight excluding hydrogens is 194 g/mol. The molecule has 1 heterocycles. The molecule has 0 aromatic carbocycles. The van der Waals surface area contributed by atoms with Crippen LogP contribution in [0, 0.1) is 11.3 Å². The Morgan fingerprint density at radius 1 is 1.67 bits per heavy atom. The van der Waals surface area contributed by atoms with Crippen molar-refractivity contribution in [3.63, 3.8) is 0 Å². The van der Waals surface area contributed by atoms with Gasteiger partial charge in [0.25, 0.3) is 0 Å². The number of hydrogen-bond acceptors (Lipinski definition) is 4. The molecule has 0 bridgehead atoms. The largest absolute Gasteiger partial charge is 0.492 e. The summed E-state index contributed by atoms with van der Waals surface area (Å²) in [6.45, 7) is 2.32. The normalized spacial score (nSPS) is 10.5. The Labute approximate surface area is 88.1 Å². The van der Waals surface area contributed by atoms with Crippen molar-refractivity contribution in [1.82, 2.24) is 14.7 Å². The average Bonchev–Trinajstić information content (AvgIpc) is 2.51. The molecule has 6 nitrogen and oxygen atoms in total. The summed E-state index contributed by atoms with van der Waals surface area (Å²) in [5.74, 6) is -0.0767. The molecule has 0 unspecified atom stereocenters. The quantitative estimate of drug-likeness (QED) is 0.584. The average molecular weight is 207 g/mol. The number of aryl methyl sites for hydroxylation is 1. The van der Waals surface area contributed by atoms with Gasteiger partial charge >= 0.3 is 0 Å². The van der Waals surface area contributed by atoms with Crippen LogP contribution < -0.4 is 0 Å². The van der Waals surface area contributed by atoms with E-state index < -0.39 is 0 Å². The van der Waals surface area contributed by atoms with Gasteiger partial charge in [0.2, 0.25) is 5.88 Å². The predicted octanol–water partition coefficient (Wildman–Crippen LogP) is 0.702. The van der Waals surface area contributed by atoms with Gasteiger partial charge in [-0.1, -0.05) is 0 Å². The molecule has 1 N–H and O–H groups in total. The van der Waals surface area contributed by atoms with E-state index in [0.717, 1.165) is 0 Å². The van der Waals surface area contributed by atoms with E-state index in [1.165, 1.54) is 11.0 Å². The maximum absolute atomic E-state index is 9.67. The van der Waals surface area contributed by atoms with Gasteiger partial charge in [0, 0.05) is 20.6 Å². The minimum absolute atomic E-state index is 0.0767. The highest BCUT2D eigenvalue weighted by molar-refractivity contribution is 5.67. The van der Waals surface area contributed by atoms with Gasteiger partial charge in [-0.15, -0.1) is 0 Å². The zero-order chi connectivity index (χ0) is 11.4. The Kier molecular flexibility index (Phi) is 3.29. The first-order valence-electron chi connectivity index (χ1n) is 4.50. The number of rotatable bonds is 3. The molecule has 0 amide bonds. The van der Waals surface area contributed by atoms with Crippen LogP contribution in [0.25, 0.3) is 0 Å². The summed E-state index contributed by atoms with van der Waals surface area (Å²) in [6.07, 6.45) is 1.51. The number of nitriles is 1. The van der Waals surface area contributed by atoms with Crippen molar-refractivity contribution in [2.75, 3.05) is 14.1 Å². The molecule has 1 aromatic heterocycles. The number of hydrogen-bond donors (Lipinski definition) is 1. The molecule has 80 valence electrons. The van der Waals surface area contributed by atoms with E-state index in [1.807, 2.05) is 13.0 Å². The lowest BCUT2D eigenvalue weighted by Gasteiger charge is -2.01. The standard InChI is InChI=1S/C9H13N5O/c1-4-14-9(15)8(7(5-10)12-14)11-6-13(2)3/h6,15H,4H2,1-3H3. The van der Waals surface area contributed by atoms with Crippen LogP contribution >= 0.6 is 0 Å². The van der Waals surface area contributed by atoms with Crippen LogP contribution in [0.5, 0.6) is 5.88 Å². The van der Waals surface area contributed by atoms with Crippen LogP contribution in [0.1, 0.15) is 12.6 Å². The lowest BCUT2D eigenvalue weighted by molar-refractivity contribution is 0.406. The van der Waals surface area contributed by atoms with E-state index in [0.29, 0.717) is 6.54 Å². The minimum Gasteiger partial charge on any atom is -0.492 e. The number of aromatic hydroxyl groups is 1. The summed E-state index contributed by atoms with van der Waals surface area (Å²) in [4.78, 5) is 5.70. The topological polar surface area (TPSA) is 77.4 Å². The first-order valence-corrected chi connectivity index (χ1v) is 4.50. The summed E-state index contributed by atoms with van der Waals surface area (Å²) in [6, 6.07) is 1.89.